The van der Waals surface area contributed by atoms with E-state index in [0.717, 1.165) is 0 Å². The normalized spacial score (nSPS) is 11.6. The van der Waals surface area contributed by atoms with Crippen LogP contribution in [0.3, 0.4) is 0 Å². The van der Waals surface area contributed by atoms with E-state index in [0.29, 0.717) is 0 Å². The Bertz CT molecular complexity index is 318. The average molecular weight is 453 g/mol. The minimum absolute atomic E-state index is 1.18. The van der Waals surface area contributed by atoms with Crippen molar-refractivity contribution in [1.82, 2.24) is 10.2 Å². The van der Waals surface area contributed by atoms with Crippen LogP contribution < -0.4 is 5.32 Å². The van der Waals surface area contributed by atoms with Gasteiger partial charge in [-0.2, -0.15) is 0 Å². The van der Waals surface area contributed by atoms with E-state index < -0.39 is 0 Å². The largest absolute Gasteiger partial charge is 0.315 e. The molecular weight excluding hydrogens is 388 g/mol. The van der Waals surface area contributed by atoms with E-state index in [1.54, 1.807) is 0 Å². The minimum Gasteiger partial charge on any atom is -0.315 e. The minimum atomic E-state index is 1.18. The van der Waals surface area contributed by atoms with Gasteiger partial charge in [0.25, 0.3) is 0 Å². The molecule has 0 aromatic rings. The molecule has 0 aromatic heterocycles. The molecule has 0 aliphatic carbocycles. The number of nitrogens with zero attached hydrogens (tertiary/aromatic N) is 1. The SMILES string of the molecule is CCCCCCCCCCN(CCCCCCCCC)CCNCCCCCCCCC. The summed E-state index contributed by atoms with van der Waals surface area (Å²) in [5.41, 5.74) is 0. The van der Waals surface area contributed by atoms with Crippen LogP contribution in [0.15, 0.2) is 0 Å². The van der Waals surface area contributed by atoms with Gasteiger partial charge in [-0.1, -0.05) is 143 Å². The molecule has 2 heteroatoms. The van der Waals surface area contributed by atoms with Crippen molar-refractivity contribution in [1.29, 1.82) is 0 Å². The van der Waals surface area contributed by atoms with Gasteiger partial charge in [0.2, 0.25) is 0 Å². The molecule has 194 valence electrons. The Hall–Kier alpha value is -0.0800. The molecular formula is C30H64N2. The zero-order chi connectivity index (χ0) is 23.4. The third kappa shape index (κ3) is 26.2. The Balaban J connectivity index is 3.81. The van der Waals surface area contributed by atoms with E-state index in [-0.39, 0.29) is 0 Å². The first-order chi connectivity index (χ1) is 15.8. The molecule has 0 aromatic carbocycles. The van der Waals surface area contributed by atoms with Crippen LogP contribution in [-0.4, -0.2) is 37.6 Å². The van der Waals surface area contributed by atoms with Crippen molar-refractivity contribution in [2.24, 2.45) is 0 Å². The van der Waals surface area contributed by atoms with Gasteiger partial charge in [-0.05, 0) is 38.9 Å². The predicted octanol–water partition coefficient (Wildman–Crippen LogP) is 9.52. The van der Waals surface area contributed by atoms with Crippen LogP contribution in [0.5, 0.6) is 0 Å². The second-order valence-corrected chi connectivity index (χ2v) is 10.3. The Labute approximate surface area is 205 Å². The zero-order valence-electron chi connectivity index (χ0n) is 23.0. The Morgan fingerprint density at radius 1 is 0.344 bits per heavy atom. The summed E-state index contributed by atoms with van der Waals surface area (Å²) in [4.78, 5) is 2.76. The summed E-state index contributed by atoms with van der Waals surface area (Å²) in [6.07, 6.45) is 31.3. The van der Waals surface area contributed by atoms with Gasteiger partial charge < -0.3 is 10.2 Å². The van der Waals surface area contributed by atoms with Crippen LogP contribution in [0, 0.1) is 0 Å². The van der Waals surface area contributed by atoms with E-state index in [1.807, 2.05) is 0 Å². The molecule has 0 bridgehead atoms. The van der Waals surface area contributed by atoms with Gasteiger partial charge in [-0.3, -0.25) is 0 Å². The molecule has 0 spiro atoms. The third-order valence-corrected chi connectivity index (χ3v) is 6.97. The fourth-order valence-corrected chi connectivity index (χ4v) is 4.67. The standard InChI is InChI=1S/C30H64N2/c1-4-7-10-13-16-19-22-25-29-32(28-24-21-18-15-12-9-6-3)30-27-31-26-23-20-17-14-11-8-5-2/h31H,4-30H2,1-3H3. The van der Waals surface area contributed by atoms with Gasteiger partial charge in [0.15, 0.2) is 0 Å². The van der Waals surface area contributed by atoms with Crippen LogP contribution in [0.2, 0.25) is 0 Å². The van der Waals surface area contributed by atoms with Crippen LogP contribution in [0.25, 0.3) is 0 Å². The lowest BCUT2D eigenvalue weighted by Crippen LogP contribution is -2.34. The highest BCUT2D eigenvalue weighted by Gasteiger charge is 2.05. The fraction of sp³-hybridized carbons (Fsp3) is 1.00. The van der Waals surface area contributed by atoms with Crippen molar-refractivity contribution in [3.63, 3.8) is 0 Å². The van der Waals surface area contributed by atoms with E-state index in [2.05, 4.69) is 31.0 Å². The van der Waals surface area contributed by atoms with Crippen molar-refractivity contribution in [3.05, 3.63) is 0 Å². The van der Waals surface area contributed by atoms with Gasteiger partial charge >= 0.3 is 0 Å². The summed E-state index contributed by atoms with van der Waals surface area (Å²) >= 11 is 0. The highest BCUT2D eigenvalue weighted by molar-refractivity contribution is 4.62. The quantitative estimate of drug-likeness (QED) is 0.119. The summed E-state index contributed by atoms with van der Waals surface area (Å²) in [7, 11) is 0. The van der Waals surface area contributed by atoms with Gasteiger partial charge in [0.1, 0.15) is 0 Å². The molecule has 0 atom stereocenters. The second-order valence-electron chi connectivity index (χ2n) is 10.3. The number of hydrogen-bond acceptors (Lipinski definition) is 2. The summed E-state index contributed by atoms with van der Waals surface area (Å²) in [5.74, 6) is 0. The van der Waals surface area contributed by atoms with Crippen molar-refractivity contribution in [2.75, 3.05) is 32.7 Å². The number of hydrogen-bond donors (Lipinski definition) is 1. The van der Waals surface area contributed by atoms with Crippen molar-refractivity contribution >= 4 is 0 Å². The van der Waals surface area contributed by atoms with Crippen LogP contribution >= 0.6 is 0 Å². The van der Waals surface area contributed by atoms with Crippen molar-refractivity contribution in [2.45, 2.75) is 162 Å². The molecule has 0 heterocycles. The van der Waals surface area contributed by atoms with E-state index >= 15 is 0 Å². The van der Waals surface area contributed by atoms with E-state index in [4.69, 9.17) is 0 Å². The molecule has 32 heavy (non-hydrogen) atoms. The maximum atomic E-state index is 3.73. The number of rotatable bonds is 28. The van der Waals surface area contributed by atoms with Gasteiger partial charge in [0, 0.05) is 13.1 Å². The maximum Gasteiger partial charge on any atom is 0.0107 e. The first-order valence-electron chi connectivity index (χ1n) is 15.3. The van der Waals surface area contributed by atoms with Crippen molar-refractivity contribution in [3.8, 4) is 0 Å². The molecule has 0 saturated carbocycles. The lowest BCUT2D eigenvalue weighted by atomic mass is 10.1. The van der Waals surface area contributed by atoms with Gasteiger partial charge in [-0.25, -0.2) is 0 Å². The van der Waals surface area contributed by atoms with Crippen LogP contribution in [0.1, 0.15) is 162 Å². The molecule has 1 N–H and O–H groups in total. The summed E-state index contributed by atoms with van der Waals surface area (Å²) in [6, 6.07) is 0. The monoisotopic (exact) mass is 453 g/mol. The molecule has 2 nitrogen and oxygen atoms in total. The summed E-state index contributed by atoms with van der Waals surface area (Å²) in [5, 5.41) is 3.73. The van der Waals surface area contributed by atoms with Gasteiger partial charge in [-0.15, -0.1) is 0 Å². The van der Waals surface area contributed by atoms with E-state index in [1.165, 1.54) is 174 Å². The lowest BCUT2D eigenvalue weighted by Gasteiger charge is -2.22. The highest BCUT2D eigenvalue weighted by atomic mass is 15.1. The fourth-order valence-electron chi connectivity index (χ4n) is 4.67. The number of nitrogens with one attached hydrogen (secondary N) is 1. The molecule has 0 amide bonds. The molecule has 0 saturated heterocycles. The van der Waals surface area contributed by atoms with Gasteiger partial charge in [0.05, 0.1) is 0 Å². The Morgan fingerprint density at radius 3 is 1.09 bits per heavy atom. The first kappa shape index (κ1) is 31.9. The molecule has 0 aliphatic rings. The Kier molecular flexibility index (Phi) is 28.9. The molecule has 0 aliphatic heterocycles. The molecule has 0 radical (unpaired) electrons. The molecule has 0 unspecified atom stereocenters. The maximum absolute atomic E-state index is 3.73. The van der Waals surface area contributed by atoms with Crippen LogP contribution in [-0.2, 0) is 0 Å². The lowest BCUT2D eigenvalue weighted by molar-refractivity contribution is 0.259. The van der Waals surface area contributed by atoms with Crippen LogP contribution in [0.4, 0.5) is 0 Å². The second kappa shape index (κ2) is 29.0. The smallest absolute Gasteiger partial charge is 0.0107 e. The Morgan fingerprint density at radius 2 is 0.688 bits per heavy atom. The highest BCUT2D eigenvalue weighted by Crippen LogP contribution is 2.11. The van der Waals surface area contributed by atoms with Crippen molar-refractivity contribution < 1.29 is 0 Å². The third-order valence-electron chi connectivity index (χ3n) is 6.97. The predicted molar refractivity (Wildman–Crippen MR) is 148 cm³/mol. The summed E-state index contributed by atoms with van der Waals surface area (Å²) < 4.78 is 0. The number of unbranched alkanes of at least 4 members (excludes halogenated alkanes) is 19. The first-order valence-corrected chi connectivity index (χ1v) is 15.3. The summed E-state index contributed by atoms with van der Waals surface area (Å²) in [6.45, 7) is 13.2. The van der Waals surface area contributed by atoms with E-state index in [9.17, 15) is 0 Å². The molecule has 0 fully saturated rings. The molecule has 0 rings (SSSR count). The topological polar surface area (TPSA) is 15.3 Å². The average Bonchev–Trinajstić information content (AvgIpc) is 2.80. The zero-order valence-corrected chi connectivity index (χ0v) is 23.0.